The Morgan fingerprint density at radius 1 is 1.35 bits per heavy atom. The molecule has 0 saturated heterocycles. The van der Waals surface area contributed by atoms with Gasteiger partial charge in [-0.2, -0.15) is 0 Å². The first-order valence-electron chi connectivity index (χ1n) is 6.93. The zero-order chi connectivity index (χ0) is 14.5. The minimum Gasteiger partial charge on any atom is -0.396 e. The molecule has 2 N–H and O–H groups in total. The van der Waals surface area contributed by atoms with Gasteiger partial charge in [0.1, 0.15) is 0 Å². The lowest BCUT2D eigenvalue weighted by molar-refractivity contribution is -0.385. The van der Waals surface area contributed by atoms with Crippen molar-refractivity contribution in [3.05, 3.63) is 33.9 Å². The average molecular weight is 280 g/mol. The summed E-state index contributed by atoms with van der Waals surface area (Å²) >= 11 is 0. The quantitative estimate of drug-likeness (QED) is 0.587. The fourth-order valence-corrected chi connectivity index (χ4v) is 2.52. The van der Waals surface area contributed by atoms with Crippen molar-refractivity contribution in [3.8, 4) is 0 Å². The number of nitrogens with zero attached hydrogens (tertiary/aromatic N) is 2. The lowest BCUT2D eigenvalue weighted by Gasteiger charge is -2.39. The summed E-state index contributed by atoms with van der Waals surface area (Å²) in [6.45, 7) is 0.509. The van der Waals surface area contributed by atoms with Gasteiger partial charge in [-0.25, -0.2) is 0 Å². The van der Waals surface area contributed by atoms with Crippen LogP contribution in [0.4, 0.5) is 11.4 Å². The van der Waals surface area contributed by atoms with Gasteiger partial charge in [0, 0.05) is 30.9 Å². The van der Waals surface area contributed by atoms with Gasteiger partial charge in [-0.3, -0.25) is 10.1 Å². The Balaban J connectivity index is 2.25. The number of hydrogen-bond acceptors (Lipinski definition) is 5. The van der Waals surface area contributed by atoms with E-state index in [4.69, 9.17) is 5.11 Å². The Morgan fingerprint density at radius 3 is 2.60 bits per heavy atom. The summed E-state index contributed by atoms with van der Waals surface area (Å²) in [6, 6.07) is 5.31. The Hall–Kier alpha value is -1.66. The van der Waals surface area contributed by atoms with Gasteiger partial charge in [0.2, 0.25) is 0 Å². The minimum atomic E-state index is -0.475. The highest BCUT2D eigenvalue weighted by molar-refractivity contribution is 5.56. The summed E-state index contributed by atoms with van der Waals surface area (Å²) in [5.74, 6) is 0. The van der Waals surface area contributed by atoms with Crippen molar-refractivity contribution in [1.29, 1.82) is 0 Å². The molecule has 0 bridgehead atoms. The number of hydrogen-bond donors (Lipinski definition) is 2. The van der Waals surface area contributed by atoms with E-state index in [9.17, 15) is 15.2 Å². The van der Waals surface area contributed by atoms with Crippen molar-refractivity contribution in [1.82, 2.24) is 0 Å². The van der Waals surface area contributed by atoms with E-state index < -0.39 is 4.92 Å². The number of nitro groups is 1. The average Bonchev–Trinajstić information content (AvgIpc) is 2.40. The summed E-state index contributed by atoms with van der Waals surface area (Å²) < 4.78 is 0. The van der Waals surface area contributed by atoms with E-state index in [1.165, 1.54) is 12.5 Å². The van der Waals surface area contributed by atoms with Crippen LogP contribution >= 0.6 is 0 Å². The molecule has 0 spiro atoms. The Bertz CT molecular complexity index is 474. The van der Waals surface area contributed by atoms with E-state index in [1.54, 1.807) is 12.1 Å². The lowest BCUT2D eigenvalue weighted by atomic mass is 9.90. The molecular formula is C14H20N2O4. The molecule has 1 aromatic rings. The van der Waals surface area contributed by atoms with Gasteiger partial charge in [0.25, 0.3) is 5.69 Å². The maximum atomic E-state index is 10.9. The molecule has 6 heteroatoms. The molecule has 0 aromatic heterocycles. The maximum absolute atomic E-state index is 10.9. The smallest absolute Gasteiger partial charge is 0.275 e. The van der Waals surface area contributed by atoms with Crippen LogP contribution in [0.3, 0.4) is 0 Å². The van der Waals surface area contributed by atoms with E-state index in [0.29, 0.717) is 18.0 Å². The number of aliphatic hydroxyl groups is 2. The summed E-state index contributed by atoms with van der Waals surface area (Å²) in [6.07, 6.45) is 4.08. The van der Waals surface area contributed by atoms with E-state index >= 15 is 0 Å². The molecule has 0 aliphatic heterocycles. The standard InChI is InChI=1S/C14H20N2O4/c17-8-2-7-15(12-3-1-4-12)13-5-6-14(16(19)20)11(9-13)10-18/h5-6,9,12,17-18H,1-4,7-8,10H2. The maximum Gasteiger partial charge on any atom is 0.275 e. The molecule has 2 rings (SSSR count). The zero-order valence-electron chi connectivity index (χ0n) is 11.4. The third-order valence-electron chi connectivity index (χ3n) is 3.83. The van der Waals surface area contributed by atoms with Crippen LogP contribution in [0.2, 0.25) is 0 Å². The van der Waals surface area contributed by atoms with E-state index in [1.807, 2.05) is 0 Å². The van der Waals surface area contributed by atoms with Crippen molar-refractivity contribution >= 4 is 11.4 Å². The summed E-state index contributed by atoms with van der Waals surface area (Å²) in [5.41, 5.74) is 1.17. The highest BCUT2D eigenvalue weighted by Gasteiger charge is 2.26. The zero-order valence-corrected chi connectivity index (χ0v) is 11.4. The van der Waals surface area contributed by atoms with Crippen LogP contribution in [0.5, 0.6) is 0 Å². The SMILES string of the molecule is O=[N+]([O-])c1ccc(N(CCCO)C2CCC2)cc1CO. The molecular weight excluding hydrogens is 260 g/mol. The van der Waals surface area contributed by atoms with Crippen molar-refractivity contribution in [2.45, 2.75) is 38.3 Å². The normalized spacial score (nSPS) is 14.9. The summed E-state index contributed by atoms with van der Waals surface area (Å²) in [7, 11) is 0. The van der Waals surface area contributed by atoms with Gasteiger partial charge in [-0.15, -0.1) is 0 Å². The molecule has 20 heavy (non-hydrogen) atoms. The van der Waals surface area contributed by atoms with Crippen LogP contribution in [0.25, 0.3) is 0 Å². The fraction of sp³-hybridized carbons (Fsp3) is 0.571. The Morgan fingerprint density at radius 2 is 2.10 bits per heavy atom. The van der Waals surface area contributed by atoms with Crippen molar-refractivity contribution < 1.29 is 15.1 Å². The van der Waals surface area contributed by atoms with E-state index in [-0.39, 0.29) is 18.9 Å². The van der Waals surface area contributed by atoms with Crippen molar-refractivity contribution in [2.24, 2.45) is 0 Å². The topological polar surface area (TPSA) is 86.8 Å². The van der Waals surface area contributed by atoms with Crippen LogP contribution in [-0.4, -0.2) is 34.3 Å². The van der Waals surface area contributed by atoms with Gasteiger partial charge in [0.15, 0.2) is 0 Å². The molecule has 1 aromatic carbocycles. The molecule has 0 heterocycles. The highest BCUT2D eigenvalue weighted by atomic mass is 16.6. The van der Waals surface area contributed by atoms with Crippen LogP contribution in [-0.2, 0) is 6.61 Å². The summed E-state index contributed by atoms with van der Waals surface area (Å²) in [5, 5.41) is 29.2. The second kappa shape index (κ2) is 6.67. The fourth-order valence-electron chi connectivity index (χ4n) is 2.52. The van der Waals surface area contributed by atoms with E-state index in [0.717, 1.165) is 25.1 Å². The largest absolute Gasteiger partial charge is 0.396 e. The molecule has 0 unspecified atom stereocenters. The first-order chi connectivity index (χ1) is 9.67. The predicted molar refractivity (Wildman–Crippen MR) is 75.7 cm³/mol. The number of rotatable bonds is 7. The molecule has 1 aliphatic rings. The number of nitro benzene ring substituents is 1. The number of benzene rings is 1. The van der Waals surface area contributed by atoms with Gasteiger partial charge >= 0.3 is 0 Å². The van der Waals surface area contributed by atoms with Gasteiger partial charge in [-0.1, -0.05) is 0 Å². The van der Waals surface area contributed by atoms with E-state index in [2.05, 4.69) is 4.90 Å². The highest BCUT2D eigenvalue weighted by Crippen LogP contribution is 2.32. The molecule has 1 fully saturated rings. The second-order valence-electron chi connectivity index (χ2n) is 5.08. The monoisotopic (exact) mass is 280 g/mol. The molecule has 1 aliphatic carbocycles. The Labute approximate surface area is 117 Å². The van der Waals surface area contributed by atoms with Gasteiger partial charge < -0.3 is 15.1 Å². The second-order valence-corrected chi connectivity index (χ2v) is 5.08. The summed E-state index contributed by atoms with van der Waals surface area (Å²) in [4.78, 5) is 12.6. The first-order valence-corrected chi connectivity index (χ1v) is 6.93. The van der Waals surface area contributed by atoms with Crippen LogP contribution in [0.15, 0.2) is 18.2 Å². The van der Waals surface area contributed by atoms with Crippen LogP contribution in [0.1, 0.15) is 31.2 Å². The Kier molecular flexibility index (Phi) is 4.92. The molecule has 6 nitrogen and oxygen atoms in total. The molecule has 0 radical (unpaired) electrons. The molecule has 0 amide bonds. The molecule has 110 valence electrons. The van der Waals surface area contributed by atoms with Crippen LogP contribution in [0, 0.1) is 10.1 Å². The van der Waals surface area contributed by atoms with Crippen molar-refractivity contribution in [2.75, 3.05) is 18.1 Å². The van der Waals surface area contributed by atoms with Crippen LogP contribution < -0.4 is 4.90 Å². The minimum absolute atomic E-state index is 0.0491. The number of aliphatic hydroxyl groups excluding tert-OH is 2. The third kappa shape index (κ3) is 3.08. The molecule has 1 saturated carbocycles. The van der Waals surface area contributed by atoms with Gasteiger partial charge in [0.05, 0.1) is 17.1 Å². The predicted octanol–water partition coefficient (Wildman–Crippen LogP) is 1.83. The lowest BCUT2D eigenvalue weighted by Crippen LogP contribution is -2.41. The third-order valence-corrected chi connectivity index (χ3v) is 3.83. The van der Waals surface area contributed by atoms with Gasteiger partial charge in [-0.05, 0) is 37.8 Å². The first kappa shape index (κ1) is 14.7. The molecule has 0 atom stereocenters. The van der Waals surface area contributed by atoms with Crippen molar-refractivity contribution in [3.63, 3.8) is 0 Å². The number of anilines is 1.